The van der Waals surface area contributed by atoms with Gasteiger partial charge in [0.05, 0.1) is 5.56 Å². The summed E-state index contributed by atoms with van der Waals surface area (Å²) in [6.07, 6.45) is 0. The number of nitrogens with one attached hydrogen (secondary N) is 3. The van der Waals surface area contributed by atoms with E-state index in [-0.39, 0.29) is 42.8 Å². The standard InChI is InChI=1S/C34H39N5O7S/c1-24(2)32(34(42)43)37-47(44,45)39-19-17-38(18-20-39)28-14-11-25(12-15-28)9-10-26-13-16-30(46-23-31(40)35-3)29(21-26)33(41)36-22-27-7-5-4-6-8-27/h4-8,11-16,21,24,32,37H,17-20,22-23H2,1-3H3,(H,35,40)(H,36,41)(H,42,43). The number of likely N-dealkylation sites (N-methyl/N-ethyl adjacent to an activating group) is 1. The van der Waals surface area contributed by atoms with Crippen LogP contribution in [-0.4, -0.2) is 81.5 Å². The predicted molar refractivity (Wildman–Crippen MR) is 178 cm³/mol. The second-order valence-electron chi connectivity index (χ2n) is 11.2. The molecule has 0 radical (unpaired) electrons. The van der Waals surface area contributed by atoms with Gasteiger partial charge in [0.15, 0.2) is 6.61 Å². The van der Waals surface area contributed by atoms with Crippen molar-refractivity contribution in [2.45, 2.75) is 26.4 Å². The Morgan fingerprint density at radius 3 is 2.17 bits per heavy atom. The number of benzene rings is 3. The molecule has 1 atom stereocenters. The van der Waals surface area contributed by atoms with Gasteiger partial charge in [0.2, 0.25) is 0 Å². The van der Waals surface area contributed by atoms with Gasteiger partial charge in [-0.2, -0.15) is 17.4 Å². The molecule has 4 N–H and O–H groups in total. The molecule has 1 fully saturated rings. The maximum absolute atomic E-state index is 13.1. The zero-order valence-electron chi connectivity index (χ0n) is 26.5. The van der Waals surface area contributed by atoms with E-state index in [0.29, 0.717) is 25.2 Å². The molecule has 248 valence electrons. The quantitative estimate of drug-likeness (QED) is 0.215. The molecule has 13 heteroatoms. The maximum atomic E-state index is 13.1. The summed E-state index contributed by atoms with van der Waals surface area (Å²) in [7, 11) is -2.44. The lowest BCUT2D eigenvalue weighted by molar-refractivity contribution is -0.140. The molecular weight excluding hydrogens is 622 g/mol. The van der Waals surface area contributed by atoms with Gasteiger partial charge in [0.25, 0.3) is 22.0 Å². The summed E-state index contributed by atoms with van der Waals surface area (Å²) in [6.45, 7) is 4.69. The van der Waals surface area contributed by atoms with E-state index in [2.05, 4.69) is 32.1 Å². The van der Waals surface area contributed by atoms with Gasteiger partial charge < -0.3 is 25.4 Å². The summed E-state index contributed by atoms with van der Waals surface area (Å²) >= 11 is 0. The largest absolute Gasteiger partial charge is 0.483 e. The molecule has 2 amide bonds. The molecule has 3 aromatic rings. The van der Waals surface area contributed by atoms with E-state index in [1.165, 1.54) is 11.4 Å². The molecule has 47 heavy (non-hydrogen) atoms. The summed E-state index contributed by atoms with van der Waals surface area (Å²) < 4.78 is 34.8. The highest BCUT2D eigenvalue weighted by Crippen LogP contribution is 2.22. The van der Waals surface area contributed by atoms with Crippen LogP contribution in [0.25, 0.3) is 0 Å². The topological polar surface area (TPSA) is 157 Å². The SMILES string of the molecule is CNC(=O)COc1ccc(C#Cc2ccc(N3CCN(S(=O)(=O)NC(C(=O)O)C(C)C)CC3)cc2)cc1C(=O)NCc1ccccc1. The molecule has 3 aromatic carbocycles. The number of anilines is 1. The molecule has 1 saturated heterocycles. The molecular formula is C34H39N5O7S. The maximum Gasteiger partial charge on any atom is 0.322 e. The minimum absolute atomic E-state index is 0.214. The third-order valence-electron chi connectivity index (χ3n) is 7.53. The zero-order valence-corrected chi connectivity index (χ0v) is 27.3. The summed E-state index contributed by atoms with van der Waals surface area (Å²) in [6, 6.07) is 20.8. The van der Waals surface area contributed by atoms with Crippen molar-refractivity contribution in [3.63, 3.8) is 0 Å². The van der Waals surface area contributed by atoms with Crippen molar-refractivity contribution in [3.8, 4) is 17.6 Å². The van der Waals surface area contributed by atoms with Crippen molar-refractivity contribution in [1.82, 2.24) is 19.7 Å². The Morgan fingerprint density at radius 2 is 1.55 bits per heavy atom. The monoisotopic (exact) mass is 661 g/mol. The number of rotatable bonds is 12. The van der Waals surface area contributed by atoms with Gasteiger partial charge in [-0.05, 0) is 53.9 Å². The van der Waals surface area contributed by atoms with Gasteiger partial charge in [-0.3, -0.25) is 14.4 Å². The fraction of sp³-hybridized carbons (Fsp3) is 0.324. The van der Waals surface area contributed by atoms with Crippen LogP contribution in [0, 0.1) is 17.8 Å². The average Bonchev–Trinajstić information content (AvgIpc) is 3.08. The lowest BCUT2D eigenvalue weighted by Crippen LogP contribution is -2.55. The third-order valence-corrected chi connectivity index (χ3v) is 9.13. The smallest absolute Gasteiger partial charge is 0.322 e. The van der Waals surface area contributed by atoms with Crippen molar-refractivity contribution in [3.05, 3.63) is 95.1 Å². The van der Waals surface area contributed by atoms with Crippen LogP contribution in [0.1, 0.15) is 40.9 Å². The zero-order chi connectivity index (χ0) is 34.0. The number of carboxylic acid groups (broad SMARTS) is 1. The molecule has 4 rings (SSSR count). The lowest BCUT2D eigenvalue weighted by Gasteiger charge is -2.36. The molecule has 1 aliphatic rings. The van der Waals surface area contributed by atoms with Gasteiger partial charge in [0.1, 0.15) is 11.8 Å². The summed E-state index contributed by atoms with van der Waals surface area (Å²) in [5, 5.41) is 14.7. The normalized spacial score (nSPS) is 14.1. The number of hydrogen-bond acceptors (Lipinski definition) is 7. The molecule has 0 bridgehead atoms. The molecule has 0 aliphatic carbocycles. The molecule has 0 spiro atoms. The fourth-order valence-corrected chi connectivity index (χ4v) is 6.28. The highest BCUT2D eigenvalue weighted by molar-refractivity contribution is 7.87. The first-order valence-corrected chi connectivity index (χ1v) is 16.6. The van der Waals surface area contributed by atoms with E-state index in [1.54, 1.807) is 32.0 Å². The van der Waals surface area contributed by atoms with Crippen LogP contribution < -0.4 is 25.0 Å². The van der Waals surface area contributed by atoms with Crippen molar-refractivity contribution < 1.29 is 32.6 Å². The van der Waals surface area contributed by atoms with E-state index in [9.17, 15) is 27.9 Å². The van der Waals surface area contributed by atoms with Crippen LogP contribution in [0.4, 0.5) is 5.69 Å². The lowest BCUT2D eigenvalue weighted by atomic mass is 10.1. The Balaban J connectivity index is 1.41. The second kappa shape index (κ2) is 16.1. The first kappa shape index (κ1) is 35.0. The molecule has 12 nitrogen and oxygen atoms in total. The highest BCUT2D eigenvalue weighted by atomic mass is 32.2. The Morgan fingerprint density at radius 1 is 0.915 bits per heavy atom. The van der Waals surface area contributed by atoms with Gasteiger partial charge in [-0.15, -0.1) is 0 Å². The van der Waals surface area contributed by atoms with Gasteiger partial charge in [-0.25, -0.2) is 0 Å². The van der Waals surface area contributed by atoms with Crippen LogP contribution in [0.3, 0.4) is 0 Å². The van der Waals surface area contributed by atoms with Crippen LogP contribution in [0.2, 0.25) is 0 Å². The van der Waals surface area contributed by atoms with Crippen LogP contribution in [0.5, 0.6) is 5.75 Å². The molecule has 0 aromatic heterocycles. The number of hydrogen-bond donors (Lipinski definition) is 4. The number of piperazine rings is 1. The number of amides is 2. The van der Waals surface area contributed by atoms with Crippen molar-refractivity contribution in [2.24, 2.45) is 5.92 Å². The summed E-state index contributed by atoms with van der Waals surface area (Å²) in [5.41, 5.74) is 3.42. The van der Waals surface area contributed by atoms with E-state index < -0.39 is 28.1 Å². The number of ether oxygens (including phenoxy) is 1. The number of carbonyl (C=O) groups is 3. The van der Waals surface area contributed by atoms with Crippen molar-refractivity contribution in [1.29, 1.82) is 0 Å². The first-order valence-electron chi connectivity index (χ1n) is 15.1. The van der Waals surface area contributed by atoms with Crippen LogP contribution in [0.15, 0.2) is 72.8 Å². The van der Waals surface area contributed by atoms with Gasteiger partial charge in [0, 0.05) is 56.6 Å². The minimum Gasteiger partial charge on any atom is -0.483 e. The number of nitrogens with zero attached hydrogens (tertiary/aromatic N) is 2. The second-order valence-corrected chi connectivity index (χ2v) is 12.9. The average molecular weight is 662 g/mol. The Kier molecular flexibility index (Phi) is 12.0. The van der Waals surface area contributed by atoms with Crippen molar-refractivity contribution >= 4 is 33.7 Å². The number of aliphatic carboxylic acids is 1. The Labute approximate surface area is 275 Å². The van der Waals surface area contributed by atoms with Crippen molar-refractivity contribution in [2.75, 3.05) is 44.7 Å². The van der Waals surface area contributed by atoms with E-state index in [4.69, 9.17) is 4.74 Å². The van der Waals surface area contributed by atoms with E-state index in [1.807, 2.05) is 54.6 Å². The molecule has 1 aliphatic heterocycles. The molecule has 1 heterocycles. The van der Waals surface area contributed by atoms with Crippen LogP contribution in [-0.2, 0) is 26.3 Å². The minimum atomic E-state index is -3.95. The summed E-state index contributed by atoms with van der Waals surface area (Å²) in [5.74, 6) is 4.16. The molecule has 0 saturated carbocycles. The van der Waals surface area contributed by atoms with Crippen LogP contribution >= 0.6 is 0 Å². The highest BCUT2D eigenvalue weighted by Gasteiger charge is 2.33. The Hall–Kier alpha value is -4.90. The first-order chi connectivity index (χ1) is 22.5. The summed E-state index contributed by atoms with van der Waals surface area (Å²) in [4.78, 5) is 38.4. The van der Waals surface area contributed by atoms with E-state index >= 15 is 0 Å². The fourth-order valence-electron chi connectivity index (χ4n) is 4.79. The number of carbonyl (C=O) groups excluding carboxylic acids is 2. The molecule has 1 unspecified atom stereocenters. The predicted octanol–water partition coefficient (Wildman–Crippen LogP) is 2.21. The Bertz CT molecular complexity index is 1730. The van der Waals surface area contributed by atoms with Gasteiger partial charge in [-0.1, -0.05) is 56.0 Å². The van der Waals surface area contributed by atoms with E-state index in [0.717, 1.165) is 16.8 Å². The third kappa shape index (κ3) is 9.79. The number of carboxylic acids is 1. The van der Waals surface area contributed by atoms with Gasteiger partial charge >= 0.3 is 5.97 Å².